The van der Waals surface area contributed by atoms with Crippen LogP contribution >= 0.6 is 0 Å². The normalized spacial score (nSPS) is 11.8. The Morgan fingerprint density at radius 1 is 0.222 bits per heavy atom. The Bertz CT molecular complexity index is 3890. The highest BCUT2D eigenvalue weighted by molar-refractivity contribution is 6.30. The lowest BCUT2D eigenvalue weighted by Crippen LogP contribution is -1.94. The van der Waals surface area contributed by atoms with Crippen LogP contribution in [0, 0.1) is 0 Å². The van der Waals surface area contributed by atoms with Crippen LogP contribution < -0.4 is 0 Å². The summed E-state index contributed by atoms with van der Waals surface area (Å²) in [7, 11) is 0. The third-order valence-electron chi connectivity index (χ3n) is 13.3. The number of hydrogen-bond acceptors (Lipinski definition) is 1. The van der Waals surface area contributed by atoms with Gasteiger partial charge in [-0.15, -0.1) is 0 Å². The van der Waals surface area contributed by atoms with Gasteiger partial charge in [0.25, 0.3) is 0 Å². The minimum atomic E-state index is 0.900. The molecule has 292 valence electrons. The smallest absolute Gasteiger partial charge is 0.136 e. The van der Waals surface area contributed by atoms with Gasteiger partial charge in [-0.05, 0) is 134 Å². The summed E-state index contributed by atoms with van der Waals surface area (Å²) in [6.45, 7) is 0. The lowest BCUT2D eigenvalue weighted by molar-refractivity contribution is 0.669. The summed E-state index contributed by atoms with van der Waals surface area (Å²) >= 11 is 0. The monoisotopic (exact) mass is 798 g/mol. The van der Waals surface area contributed by atoms with Crippen molar-refractivity contribution in [2.75, 3.05) is 0 Å². The maximum atomic E-state index is 6.42. The van der Waals surface area contributed by atoms with Crippen LogP contribution in [0.1, 0.15) is 0 Å². The molecule has 13 aromatic rings. The van der Waals surface area contributed by atoms with Gasteiger partial charge >= 0.3 is 0 Å². The van der Waals surface area contributed by atoms with Crippen molar-refractivity contribution >= 4 is 75.8 Å². The van der Waals surface area contributed by atoms with Crippen molar-refractivity contribution in [2.45, 2.75) is 0 Å². The molecule has 0 radical (unpaired) electrons. The van der Waals surface area contributed by atoms with E-state index in [1.54, 1.807) is 0 Å². The highest BCUT2D eigenvalue weighted by atomic mass is 16.3. The van der Waals surface area contributed by atoms with Crippen LogP contribution in [0.15, 0.2) is 235 Å². The Labute approximate surface area is 364 Å². The second-order valence-electron chi connectivity index (χ2n) is 16.7. The molecule has 0 atom stereocenters. The number of para-hydroxylation sites is 1. The largest absolute Gasteiger partial charge is 0.456 e. The summed E-state index contributed by atoms with van der Waals surface area (Å²) in [5.41, 5.74) is 13.9. The van der Waals surface area contributed by atoms with Crippen molar-refractivity contribution < 1.29 is 4.42 Å². The van der Waals surface area contributed by atoms with Crippen LogP contribution in [0.3, 0.4) is 0 Å². The predicted molar refractivity (Wildman–Crippen MR) is 268 cm³/mol. The van der Waals surface area contributed by atoms with Crippen LogP contribution in [0.4, 0.5) is 0 Å². The summed E-state index contributed by atoms with van der Waals surface area (Å²) in [5.74, 6) is 0. The molecule has 0 spiro atoms. The molecule has 1 nitrogen and oxygen atoms in total. The molecule has 0 saturated heterocycles. The summed E-state index contributed by atoms with van der Waals surface area (Å²) < 4.78 is 6.42. The zero-order valence-corrected chi connectivity index (χ0v) is 34.3. The molecule has 0 N–H and O–H groups in total. The Morgan fingerprint density at radius 3 is 1.51 bits per heavy atom. The van der Waals surface area contributed by atoms with Crippen molar-refractivity contribution in [1.82, 2.24) is 0 Å². The van der Waals surface area contributed by atoms with Gasteiger partial charge in [0.15, 0.2) is 0 Å². The molecule has 0 aliphatic carbocycles. The van der Waals surface area contributed by atoms with E-state index >= 15 is 0 Å². The fraction of sp³-hybridized carbons (Fsp3) is 0. The van der Waals surface area contributed by atoms with Crippen LogP contribution in [-0.2, 0) is 0 Å². The Balaban J connectivity index is 1.07. The topological polar surface area (TPSA) is 13.1 Å². The van der Waals surface area contributed by atoms with Crippen molar-refractivity contribution in [2.24, 2.45) is 0 Å². The minimum Gasteiger partial charge on any atom is -0.456 e. The molecule has 0 fully saturated rings. The van der Waals surface area contributed by atoms with Crippen molar-refractivity contribution in [1.29, 1.82) is 0 Å². The van der Waals surface area contributed by atoms with E-state index in [0.717, 1.165) is 27.5 Å². The molecule has 12 aromatic carbocycles. The number of rotatable bonds is 5. The highest BCUT2D eigenvalue weighted by Crippen LogP contribution is 2.49. The van der Waals surface area contributed by atoms with Crippen molar-refractivity contribution in [3.05, 3.63) is 231 Å². The van der Waals surface area contributed by atoms with E-state index in [1.165, 1.54) is 104 Å². The van der Waals surface area contributed by atoms with Gasteiger partial charge in [-0.3, -0.25) is 0 Å². The van der Waals surface area contributed by atoms with E-state index in [0.29, 0.717) is 0 Å². The number of benzene rings is 12. The third kappa shape index (κ3) is 5.57. The first-order valence-corrected chi connectivity index (χ1v) is 21.7. The fourth-order valence-electron chi connectivity index (χ4n) is 10.5. The van der Waals surface area contributed by atoms with E-state index in [9.17, 15) is 0 Å². The molecule has 0 bridgehead atoms. The van der Waals surface area contributed by atoms with Gasteiger partial charge in [-0.1, -0.05) is 206 Å². The number of hydrogen-bond donors (Lipinski definition) is 0. The molecule has 0 aliphatic heterocycles. The minimum absolute atomic E-state index is 0.900. The van der Waals surface area contributed by atoms with Gasteiger partial charge in [0.05, 0.1) is 0 Å². The molecule has 1 heterocycles. The van der Waals surface area contributed by atoms with Crippen LogP contribution in [-0.4, -0.2) is 0 Å². The second kappa shape index (κ2) is 14.2. The first-order chi connectivity index (χ1) is 31.3. The first kappa shape index (κ1) is 35.5. The standard InChI is InChI=1S/C62H38O/c1-2-15-39(16-3-1)40-29-31-42(32-30-40)59-50-23-8-10-25-52(50)62(53-26-11-9-24-51(53)59)54-27-14-18-44-37-56(61-46-20-5-4-17-41(46)33-36-55(61)60(44)54)47-21-7-6-19-45(47)43-34-35-49-48-22-12-13-28-57(48)63-58(49)38-43/h1-38H. The summed E-state index contributed by atoms with van der Waals surface area (Å²) in [5, 5.41) is 14.7. The average molecular weight is 799 g/mol. The quantitative estimate of drug-likeness (QED) is 0.125. The van der Waals surface area contributed by atoms with E-state index in [1.807, 2.05) is 12.1 Å². The van der Waals surface area contributed by atoms with Crippen LogP contribution in [0.5, 0.6) is 0 Å². The molecule has 13 rings (SSSR count). The van der Waals surface area contributed by atoms with Crippen molar-refractivity contribution in [3.8, 4) is 55.6 Å². The molecule has 0 unspecified atom stereocenters. The summed E-state index contributed by atoms with van der Waals surface area (Å²) in [6, 6.07) is 84.4. The molecular weight excluding hydrogens is 761 g/mol. The van der Waals surface area contributed by atoms with Gasteiger partial charge in [0.2, 0.25) is 0 Å². The zero-order chi connectivity index (χ0) is 41.4. The predicted octanol–water partition coefficient (Wildman–Crippen LogP) is 17.7. The molecular formula is C62H38O. The van der Waals surface area contributed by atoms with E-state index in [2.05, 4.69) is 218 Å². The van der Waals surface area contributed by atoms with Crippen LogP contribution in [0.25, 0.3) is 131 Å². The Kier molecular flexibility index (Phi) is 7.98. The maximum Gasteiger partial charge on any atom is 0.136 e. The molecule has 0 aliphatic rings. The highest BCUT2D eigenvalue weighted by Gasteiger charge is 2.22. The summed E-state index contributed by atoms with van der Waals surface area (Å²) in [6.07, 6.45) is 0. The van der Waals surface area contributed by atoms with Gasteiger partial charge in [-0.2, -0.15) is 0 Å². The molecule has 0 saturated carbocycles. The zero-order valence-electron chi connectivity index (χ0n) is 34.3. The number of furan rings is 1. The summed E-state index contributed by atoms with van der Waals surface area (Å²) in [4.78, 5) is 0. The SMILES string of the molecule is c1ccc(-c2ccc(-c3c4ccccc4c(-c4cccc5cc(-c6ccccc6-c6ccc7c(c6)oc6ccccc67)c6c7ccccc7ccc6c45)c4ccccc34)cc2)cc1. The van der Waals surface area contributed by atoms with E-state index in [4.69, 9.17) is 4.42 Å². The van der Waals surface area contributed by atoms with Gasteiger partial charge in [-0.25, -0.2) is 0 Å². The fourth-order valence-corrected chi connectivity index (χ4v) is 10.5. The van der Waals surface area contributed by atoms with Gasteiger partial charge in [0.1, 0.15) is 11.2 Å². The average Bonchev–Trinajstić information content (AvgIpc) is 3.73. The van der Waals surface area contributed by atoms with Gasteiger partial charge in [0, 0.05) is 10.8 Å². The van der Waals surface area contributed by atoms with Crippen molar-refractivity contribution in [3.63, 3.8) is 0 Å². The van der Waals surface area contributed by atoms with E-state index < -0.39 is 0 Å². The molecule has 0 amide bonds. The lowest BCUT2D eigenvalue weighted by Gasteiger charge is -2.21. The van der Waals surface area contributed by atoms with E-state index in [-0.39, 0.29) is 0 Å². The lowest BCUT2D eigenvalue weighted by atomic mass is 9.82. The second-order valence-corrected chi connectivity index (χ2v) is 16.7. The first-order valence-electron chi connectivity index (χ1n) is 21.7. The Hall–Kier alpha value is -8.26. The maximum absolute atomic E-state index is 6.42. The molecule has 63 heavy (non-hydrogen) atoms. The molecule has 1 aromatic heterocycles. The van der Waals surface area contributed by atoms with Crippen LogP contribution in [0.2, 0.25) is 0 Å². The third-order valence-corrected chi connectivity index (χ3v) is 13.3. The molecule has 1 heteroatoms. The number of fused-ring (bicyclic) bond motifs is 10. The van der Waals surface area contributed by atoms with Gasteiger partial charge < -0.3 is 4.42 Å². The Morgan fingerprint density at radius 2 is 0.746 bits per heavy atom.